The van der Waals surface area contributed by atoms with Crippen LogP contribution in [0.2, 0.25) is 0 Å². The van der Waals surface area contributed by atoms with Gasteiger partial charge in [0.1, 0.15) is 0 Å². The van der Waals surface area contributed by atoms with Crippen molar-refractivity contribution in [1.82, 2.24) is 9.80 Å². The fourth-order valence-electron chi connectivity index (χ4n) is 2.35. The number of carbonyl (C=O) groups excluding carboxylic acids is 1. The molecule has 3 nitrogen and oxygen atoms in total. The number of carbonyl (C=O) groups is 1. The van der Waals surface area contributed by atoms with Gasteiger partial charge in [0.15, 0.2) is 0 Å². The SMILES string of the molecule is CSC1CCN(CC#CCN2CCCC2)C1=O. The molecule has 17 heavy (non-hydrogen) atoms. The largest absolute Gasteiger partial charge is 0.331 e. The van der Waals surface area contributed by atoms with Crippen LogP contribution in [-0.4, -0.2) is 59.9 Å². The Morgan fingerprint density at radius 1 is 1.24 bits per heavy atom. The highest BCUT2D eigenvalue weighted by molar-refractivity contribution is 7.99. The number of rotatable bonds is 3. The third kappa shape index (κ3) is 3.40. The Kier molecular flexibility index (Phi) is 4.75. The van der Waals surface area contributed by atoms with Crippen LogP contribution in [0.15, 0.2) is 0 Å². The maximum atomic E-state index is 11.8. The average molecular weight is 252 g/mol. The summed E-state index contributed by atoms with van der Waals surface area (Å²) in [6.45, 7) is 4.73. The Morgan fingerprint density at radius 3 is 2.59 bits per heavy atom. The van der Waals surface area contributed by atoms with Crippen molar-refractivity contribution in [3.63, 3.8) is 0 Å². The van der Waals surface area contributed by atoms with Gasteiger partial charge in [0.05, 0.1) is 18.3 Å². The first kappa shape index (κ1) is 12.8. The summed E-state index contributed by atoms with van der Waals surface area (Å²) in [5.41, 5.74) is 0. The molecule has 94 valence electrons. The van der Waals surface area contributed by atoms with Gasteiger partial charge in [-0.05, 0) is 38.6 Å². The molecule has 0 bridgehead atoms. The first-order valence-electron chi connectivity index (χ1n) is 6.31. The molecule has 2 saturated heterocycles. The first-order chi connectivity index (χ1) is 8.31. The quantitative estimate of drug-likeness (QED) is 0.702. The predicted octanol–water partition coefficient (Wildman–Crippen LogP) is 1.05. The molecule has 2 aliphatic rings. The lowest BCUT2D eigenvalue weighted by Gasteiger charge is -2.12. The number of likely N-dealkylation sites (tertiary alicyclic amines) is 2. The zero-order valence-corrected chi connectivity index (χ0v) is 11.3. The second-order valence-corrected chi connectivity index (χ2v) is 5.65. The summed E-state index contributed by atoms with van der Waals surface area (Å²) in [5, 5.41) is 0.176. The summed E-state index contributed by atoms with van der Waals surface area (Å²) in [7, 11) is 0. The van der Waals surface area contributed by atoms with E-state index in [4.69, 9.17) is 0 Å². The van der Waals surface area contributed by atoms with Crippen LogP contribution in [0.4, 0.5) is 0 Å². The minimum absolute atomic E-state index is 0.176. The van der Waals surface area contributed by atoms with Crippen LogP contribution >= 0.6 is 11.8 Å². The van der Waals surface area contributed by atoms with Crippen LogP contribution < -0.4 is 0 Å². The van der Waals surface area contributed by atoms with Crippen molar-refractivity contribution in [2.45, 2.75) is 24.5 Å². The van der Waals surface area contributed by atoms with Crippen molar-refractivity contribution >= 4 is 17.7 Å². The third-order valence-electron chi connectivity index (χ3n) is 3.43. The van der Waals surface area contributed by atoms with Gasteiger partial charge >= 0.3 is 0 Å². The molecule has 0 aromatic carbocycles. The van der Waals surface area contributed by atoms with E-state index in [0.29, 0.717) is 6.54 Å². The Morgan fingerprint density at radius 2 is 1.94 bits per heavy atom. The minimum atomic E-state index is 0.176. The minimum Gasteiger partial charge on any atom is -0.331 e. The van der Waals surface area contributed by atoms with Crippen LogP contribution in [0.5, 0.6) is 0 Å². The summed E-state index contributed by atoms with van der Waals surface area (Å²) in [5.74, 6) is 6.59. The number of amides is 1. The lowest BCUT2D eigenvalue weighted by Crippen LogP contribution is -2.28. The van der Waals surface area contributed by atoms with Gasteiger partial charge in [0.25, 0.3) is 0 Å². The Balaban J connectivity index is 1.71. The molecule has 0 radical (unpaired) electrons. The van der Waals surface area contributed by atoms with Crippen molar-refractivity contribution in [2.24, 2.45) is 0 Å². The van der Waals surface area contributed by atoms with Crippen LogP contribution in [0, 0.1) is 11.8 Å². The maximum Gasteiger partial charge on any atom is 0.236 e. The number of thioether (sulfide) groups is 1. The molecule has 0 spiro atoms. The second kappa shape index (κ2) is 6.32. The van der Waals surface area contributed by atoms with Gasteiger partial charge in [-0.3, -0.25) is 9.69 Å². The molecular weight excluding hydrogens is 232 g/mol. The van der Waals surface area contributed by atoms with Crippen LogP contribution in [0.25, 0.3) is 0 Å². The molecule has 0 saturated carbocycles. The standard InChI is InChI=1S/C13H20N2OS/c1-17-12-6-11-15(13(12)16)10-5-4-9-14-7-2-3-8-14/h12H,2-3,6-11H2,1H3. The number of hydrogen-bond donors (Lipinski definition) is 0. The topological polar surface area (TPSA) is 23.6 Å². The second-order valence-electron chi connectivity index (χ2n) is 4.61. The summed E-state index contributed by atoms with van der Waals surface area (Å²) >= 11 is 1.66. The van der Waals surface area contributed by atoms with E-state index in [0.717, 1.165) is 19.5 Å². The normalized spacial score (nSPS) is 25.1. The Bertz CT molecular complexity index is 328. The van der Waals surface area contributed by atoms with Crippen molar-refractivity contribution < 1.29 is 4.79 Å². The lowest BCUT2D eigenvalue weighted by atomic mass is 10.4. The molecular formula is C13H20N2OS. The van der Waals surface area contributed by atoms with Gasteiger partial charge in [0, 0.05) is 6.54 Å². The predicted molar refractivity (Wildman–Crippen MR) is 72.0 cm³/mol. The van der Waals surface area contributed by atoms with Crippen molar-refractivity contribution in [3.05, 3.63) is 0 Å². The van der Waals surface area contributed by atoms with E-state index in [1.807, 2.05) is 11.2 Å². The summed E-state index contributed by atoms with van der Waals surface area (Å²) in [4.78, 5) is 16.1. The molecule has 2 rings (SSSR count). The van der Waals surface area contributed by atoms with Gasteiger partial charge in [-0.25, -0.2) is 0 Å². The highest BCUT2D eigenvalue weighted by Gasteiger charge is 2.29. The summed E-state index contributed by atoms with van der Waals surface area (Å²) in [6.07, 6.45) is 5.60. The van der Waals surface area contributed by atoms with E-state index in [1.54, 1.807) is 11.8 Å². The molecule has 2 fully saturated rings. The molecule has 0 aromatic heterocycles. The van der Waals surface area contributed by atoms with E-state index < -0.39 is 0 Å². The highest BCUT2D eigenvalue weighted by atomic mass is 32.2. The van der Waals surface area contributed by atoms with Crippen LogP contribution in [0.1, 0.15) is 19.3 Å². The molecule has 0 N–H and O–H groups in total. The molecule has 1 atom stereocenters. The first-order valence-corrected chi connectivity index (χ1v) is 7.59. The number of hydrogen-bond acceptors (Lipinski definition) is 3. The Labute approximate surface area is 108 Å². The molecule has 0 aromatic rings. The average Bonchev–Trinajstić information content (AvgIpc) is 2.95. The van der Waals surface area contributed by atoms with E-state index in [9.17, 15) is 4.79 Å². The lowest BCUT2D eigenvalue weighted by molar-refractivity contribution is -0.126. The van der Waals surface area contributed by atoms with E-state index in [-0.39, 0.29) is 11.2 Å². The Hall–Kier alpha value is -0.660. The molecule has 2 heterocycles. The van der Waals surface area contributed by atoms with E-state index in [2.05, 4.69) is 16.7 Å². The van der Waals surface area contributed by atoms with Crippen molar-refractivity contribution in [2.75, 3.05) is 39.0 Å². The fraction of sp³-hybridized carbons (Fsp3) is 0.769. The monoisotopic (exact) mass is 252 g/mol. The number of nitrogens with zero attached hydrogens (tertiary/aromatic N) is 2. The van der Waals surface area contributed by atoms with Crippen molar-refractivity contribution in [1.29, 1.82) is 0 Å². The molecule has 2 aliphatic heterocycles. The molecule has 1 unspecified atom stereocenters. The van der Waals surface area contributed by atoms with Crippen molar-refractivity contribution in [3.8, 4) is 11.8 Å². The van der Waals surface area contributed by atoms with Crippen LogP contribution in [0.3, 0.4) is 0 Å². The molecule has 0 aliphatic carbocycles. The zero-order valence-electron chi connectivity index (χ0n) is 10.4. The smallest absolute Gasteiger partial charge is 0.236 e. The van der Waals surface area contributed by atoms with Gasteiger partial charge in [0.2, 0.25) is 5.91 Å². The van der Waals surface area contributed by atoms with Crippen LogP contribution in [-0.2, 0) is 4.79 Å². The molecule has 4 heteroatoms. The summed E-state index contributed by atoms with van der Waals surface area (Å²) < 4.78 is 0. The summed E-state index contributed by atoms with van der Waals surface area (Å²) in [6, 6.07) is 0. The van der Waals surface area contributed by atoms with Gasteiger partial charge < -0.3 is 4.90 Å². The van der Waals surface area contributed by atoms with Gasteiger partial charge in [-0.1, -0.05) is 11.8 Å². The van der Waals surface area contributed by atoms with E-state index in [1.165, 1.54) is 25.9 Å². The van der Waals surface area contributed by atoms with Gasteiger partial charge in [-0.15, -0.1) is 0 Å². The van der Waals surface area contributed by atoms with Gasteiger partial charge in [-0.2, -0.15) is 11.8 Å². The fourth-order valence-corrected chi connectivity index (χ4v) is 3.04. The maximum absolute atomic E-state index is 11.8. The third-order valence-corrected chi connectivity index (χ3v) is 4.44. The van der Waals surface area contributed by atoms with E-state index >= 15 is 0 Å². The highest BCUT2D eigenvalue weighted by Crippen LogP contribution is 2.21. The molecule has 1 amide bonds. The zero-order chi connectivity index (χ0) is 12.1.